The Kier molecular flexibility index (Phi) is 5.05. The number of carbonyl (C=O) groups is 1. The zero-order chi connectivity index (χ0) is 21.2. The standard InChI is InChI=1S/C23H23N7O/c24-22(31)17-2-1-3-18(21(17)14-6-9-25-10-7-14)23-26-11-8-20(29-23)28-16-4-5-19-15(12-16)13-27-30-19/h1-5,8,11-14,25H,6-7,9-10H2,(H2,24,31)(H,27,30)(H,26,28,29). The molecular formula is C23H23N7O. The van der Waals surface area contributed by atoms with Crippen molar-refractivity contribution in [3.8, 4) is 11.4 Å². The number of nitrogens with zero attached hydrogens (tertiary/aromatic N) is 3. The van der Waals surface area contributed by atoms with Gasteiger partial charge in [0, 0.05) is 28.4 Å². The van der Waals surface area contributed by atoms with E-state index in [1.807, 2.05) is 36.4 Å². The van der Waals surface area contributed by atoms with Crippen molar-refractivity contribution in [2.75, 3.05) is 18.4 Å². The number of hydrogen-bond acceptors (Lipinski definition) is 6. The molecule has 8 heteroatoms. The van der Waals surface area contributed by atoms with E-state index in [1.54, 1.807) is 18.5 Å². The molecule has 1 fully saturated rings. The number of H-pyrrole nitrogens is 1. The lowest BCUT2D eigenvalue weighted by atomic mass is 9.83. The Hall–Kier alpha value is -3.78. The molecule has 31 heavy (non-hydrogen) atoms. The SMILES string of the molecule is NC(=O)c1cccc(-c2nccc(Nc3ccc4[nH]ncc4c3)n2)c1C1CCNCC1. The molecule has 1 aliphatic rings. The number of aromatic nitrogens is 4. The van der Waals surface area contributed by atoms with E-state index in [2.05, 4.69) is 25.8 Å². The first-order valence-electron chi connectivity index (χ1n) is 10.4. The van der Waals surface area contributed by atoms with E-state index in [0.29, 0.717) is 17.2 Å². The van der Waals surface area contributed by atoms with Gasteiger partial charge in [0.25, 0.3) is 0 Å². The van der Waals surface area contributed by atoms with E-state index < -0.39 is 5.91 Å². The quantitative estimate of drug-likeness (QED) is 0.398. The number of amides is 1. The Morgan fingerprint density at radius 1 is 1.13 bits per heavy atom. The molecule has 0 aliphatic carbocycles. The van der Waals surface area contributed by atoms with Crippen molar-refractivity contribution in [3.63, 3.8) is 0 Å². The molecule has 1 amide bonds. The molecule has 1 saturated heterocycles. The molecule has 0 atom stereocenters. The summed E-state index contributed by atoms with van der Waals surface area (Å²) in [5, 5.41) is 14.7. The van der Waals surface area contributed by atoms with E-state index in [0.717, 1.165) is 53.6 Å². The van der Waals surface area contributed by atoms with E-state index in [-0.39, 0.29) is 5.92 Å². The minimum atomic E-state index is -0.418. The van der Waals surface area contributed by atoms with Crippen molar-refractivity contribution in [3.05, 3.63) is 66.0 Å². The highest BCUT2D eigenvalue weighted by atomic mass is 16.1. The number of anilines is 2. The molecule has 5 rings (SSSR count). The van der Waals surface area contributed by atoms with E-state index in [1.165, 1.54) is 0 Å². The molecule has 0 radical (unpaired) electrons. The van der Waals surface area contributed by atoms with Gasteiger partial charge >= 0.3 is 0 Å². The molecule has 4 aromatic rings. The highest BCUT2D eigenvalue weighted by Gasteiger charge is 2.25. The monoisotopic (exact) mass is 413 g/mol. The third-order valence-corrected chi connectivity index (χ3v) is 5.73. The van der Waals surface area contributed by atoms with Crippen LogP contribution in [-0.4, -0.2) is 39.2 Å². The molecule has 1 aliphatic heterocycles. The third-order valence-electron chi connectivity index (χ3n) is 5.73. The highest BCUT2D eigenvalue weighted by Crippen LogP contribution is 2.35. The maximum Gasteiger partial charge on any atom is 0.249 e. The lowest BCUT2D eigenvalue weighted by Crippen LogP contribution is -2.28. The predicted octanol–water partition coefficient (Wildman–Crippen LogP) is 3.33. The second-order valence-electron chi connectivity index (χ2n) is 7.72. The smallest absolute Gasteiger partial charge is 0.249 e. The fourth-order valence-corrected chi connectivity index (χ4v) is 4.25. The second kappa shape index (κ2) is 8.16. The summed E-state index contributed by atoms with van der Waals surface area (Å²) in [5.74, 6) is 1.07. The minimum absolute atomic E-state index is 0.240. The number of hydrogen-bond donors (Lipinski definition) is 4. The third kappa shape index (κ3) is 3.85. The van der Waals surface area contributed by atoms with E-state index in [9.17, 15) is 4.79 Å². The lowest BCUT2D eigenvalue weighted by molar-refractivity contribution is 0.0998. The summed E-state index contributed by atoms with van der Waals surface area (Å²) in [6.45, 7) is 1.83. The lowest BCUT2D eigenvalue weighted by Gasteiger charge is -2.26. The Morgan fingerprint density at radius 3 is 2.84 bits per heavy atom. The van der Waals surface area contributed by atoms with Crippen molar-refractivity contribution >= 4 is 28.3 Å². The van der Waals surface area contributed by atoms with Gasteiger partial charge in [-0.3, -0.25) is 9.89 Å². The first-order valence-corrected chi connectivity index (χ1v) is 10.4. The van der Waals surface area contributed by atoms with Crippen LogP contribution in [0, 0.1) is 0 Å². The molecular weight excluding hydrogens is 390 g/mol. The van der Waals surface area contributed by atoms with Crippen molar-refractivity contribution in [2.24, 2.45) is 5.73 Å². The number of benzene rings is 2. The number of nitrogens with two attached hydrogens (primary N) is 1. The molecule has 0 unspecified atom stereocenters. The van der Waals surface area contributed by atoms with Crippen LogP contribution >= 0.6 is 0 Å². The molecule has 3 heterocycles. The van der Waals surface area contributed by atoms with Crippen molar-refractivity contribution in [1.29, 1.82) is 0 Å². The van der Waals surface area contributed by atoms with Crippen molar-refractivity contribution in [2.45, 2.75) is 18.8 Å². The van der Waals surface area contributed by atoms with Crippen LogP contribution < -0.4 is 16.4 Å². The van der Waals surface area contributed by atoms with Crippen LogP contribution in [0.5, 0.6) is 0 Å². The van der Waals surface area contributed by atoms with Gasteiger partial charge in [0.05, 0.1) is 11.7 Å². The number of nitrogens with one attached hydrogen (secondary N) is 3. The minimum Gasteiger partial charge on any atom is -0.366 e. The second-order valence-corrected chi connectivity index (χ2v) is 7.72. The number of primary amides is 1. The zero-order valence-corrected chi connectivity index (χ0v) is 16.9. The van der Waals surface area contributed by atoms with Gasteiger partial charge in [-0.25, -0.2) is 9.97 Å². The molecule has 0 spiro atoms. The highest BCUT2D eigenvalue weighted by molar-refractivity contribution is 5.96. The average Bonchev–Trinajstić information content (AvgIpc) is 3.27. The van der Waals surface area contributed by atoms with Gasteiger partial charge < -0.3 is 16.4 Å². The molecule has 2 aromatic carbocycles. The molecule has 2 aromatic heterocycles. The number of rotatable bonds is 5. The maximum atomic E-state index is 12.2. The number of piperidine rings is 1. The van der Waals surface area contributed by atoms with E-state index >= 15 is 0 Å². The van der Waals surface area contributed by atoms with Crippen LogP contribution in [-0.2, 0) is 0 Å². The van der Waals surface area contributed by atoms with Crippen LogP contribution in [0.25, 0.3) is 22.3 Å². The molecule has 156 valence electrons. The summed E-state index contributed by atoms with van der Waals surface area (Å²) in [6, 6.07) is 13.4. The Bertz CT molecular complexity index is 1240. The molecule has 0 saturated carbocycles. The van der Waals surface area contributed by atoms with Gasteiger partial charge in [-0.2, -0.15) is 5.10 Å². The summed E-state index contributed by atoms with van der Waals surface area (Å²) in [6.07, 6.45) is 5.40. The largest absolute Gasteiger partial charge is 0.366 e. The predicted molar refractivity (Wildman–Crippen MR) is 120 cm³/mol. The normalized spacial score (nSPS) is 14.6. The maximum absolute atomic E-state index is 12.2. The molecule has 0 bridgehead atoms. The molecule has 8 nitrogen and oxygen atoms in total. The first-order chi connectivity index (χ1) is 15.2. The summed E-state index contributed by atoms with van der Waals surface area (Å²) >= 11 is 0. The first kappa shape index (κ1) is 19.2. The fourth-order valence-electron chi connectivity index (χ4n) is 4.25. The Morgan fingerprint density at radius 2 is 2.00 bits per heavy atom. The Labute approximate surface area is 179 Å². The molecule has 5 N–H and O–H groups in total. The van der Waals surface area contributed by atoms with Crippen LogP contribution in [0.4, 0.5) is 11.5 Å². The number of carbonyl (C=O) groups excluding carboxylic acids is 1. The van der Waals surface area contributed by atoms with Gasteiger partial charge in [0.2, 0.25) is 5.91 Å². The number of fused-ring (bicyclic) bond motifs is 1. The van der Waals surface area contributed by atoms with E-state index in [4.69, 9.17) is 10.7 Å². The van der Waals surface area contributed by atoms with Gasteiger partial charge in [-0.05, 0) is 67.7 Å². The van der Waals surface area contributed by atoms with Crippen LogP contribution in [0.15, 0.2) is 54.9 Å². The topological polar surface area (TPSA) is 122 Å². The summed E-state index contributed by atoms with van der Waals surface area (Å²) in [7, 11) is 0. The summed E-state index contributed by atoms with van der Waals surface area (Å²) < 4.78 is 0. The zero-order valence-electron chi connectivity index (χ0n) is 16.9. The van der Waals surface area contributed by atoms with Crippen LogP contribution in [0.1, 0.15) is 34.7 Å². The van der Waals surface area contributed by atoms with Crippen molar-refractivity contribution < 1.29 is 4.79 Å². The van der Waals surface area contributed by atoms with Gasteiger partial charge in [0.1, 0.15) is 5.82 Å². The van der Waals surface area contributed by atoms with Gasteiger partial charge in [-0.15, -0.1) is 0 Å². The van der Waals surface area contributed by atoms with Gasteiger partial charge in [0.15, 0.2) is 5.82 Å². The van der Waals surface area contributed by atoms with Crippen LogP contribution in [0.3, 0.4) is 0 Å². The fraction of sp³-hybridized carbons (Fsp3) is 0.217. The van der Waals surface area contributed by atoms with Gasteiger partial charge in [-0.1, -0.05) is 12.1 Å². The summed E-state index contributed by atoms with van der Waals surface area (Å²) in [4.78, 5) is 21.5. The van der Waals surface area contributed by atoms with Crippen molar-refractivity contribution in [1.82, 2.24) is 25.5 Å². The Balaban J connectivity index is 1.53. The van der Waals surface area contributed by atoms with Crippen LogP contribution in [0.2, 0.25) is 0 Å². The number of aromatic amines is 1. The summed E-state index contributed by atoms with van der Waals surface area (Å²) in [5.41, 5.74) is 9.97. The average molecular weight is 413 g/mol.